The fraction of sp³-hybridized carbons (Fsp3) is 0.345. The van der Waals surface area contributed by atoms with Crippen LogP contribution in [-0.4, -0.2) is 46.3 Å². The van der Waals surface area contributed by atoms with E-state index in [0.29, 0.717) is 36.0 Å². The molecule has 2 atom stereocenters. The number of para-hydroxylation sites is 1. The summed E-state index contributed by atoms with van der Waals surface area (Å²) in [6.07, 6.45) is 7.14. The molecule has 2 aliphatic heterocycles. The Bertz CT molecular complexity index is 1360. The molecule has 2 aromatic carbocycles. The van der Waals surface area contributed by atoms with Crippen molar-refractivity contribution in [3.05, 3.63) is 72.2 Å². The first-order valence-corrected chi connectivity index (χ1v) is 13.0. The molecule has 5 rings (SSSR count). The largest absolute Gasteiger partial charge is 0.457 e. The Labute approximate surface area is 221 Å². The van der Waals surface area contributed by atoms with Gasteiger partial charge in [0.2, 0.25) is 0 Å². The minimum Gasteiger partial charge on any atom is -0.457 e. The van der Waals surface area contributed by atoms with Crippen LogP contribution in [-0.2, 0) is 11.3 Å². The molecule has 2 fully saturated rings. The predicted octanol–water partition coefficient (Wildman–Crippen LogP) is 4.50. The second-order valence-corrected chi connectivity index (χ2v) is 9.81. The van der Waals surface area contributed by atoms with Crippen molar-refractivity contribution in [2.45, 2.75) is 38.3 Å². The number of amides is 1. The number of carbonyl (C=O) groups excluding carboxylic acids is 1. The van der Waals surface area contributed by atoms with Gasteiger partial charge in [0.15, 0.2) is 0 Å². The molecule has 1 unspecified atom stereocenters. The number of benzene rings is 2. The van der Waals surface area contributed by atoms with Crippen molar-refractivity contribution in [3.63, 3.8) is 0 Å². The fourth-order valence-corrected chi connectivity index (χ4v) is 5.19. The van der Waals surface area contributed by atoms with Crippen molar-refractivity contribution in [3.8, 4) is 28.8 Å². The van der Waals surface area contributed by atoms with Crippen LogP contribution in [0.25, 0.3) is 11.3 Å². The number of piperidine rings is 1. The number of anilines is 1. The van der Waals surface area contributed by atoms with Gasteiger partial charge in [0.25, 0.3) is 5.91 Å². The van der Waals surface area contributed by atoms with E-state index >= 15 is 4.39 Å². The Morgan fingerprint density at radius 1 is 1.21 bits per heavy atom. The molecular formula is C29H31FN6O2. The number of nitrogens with zero attached hydrogens (tertiary/aromatic N) is 4. The van der Waals surface area contributed by atoms with Crippen LogP contribution in [0.2, 0.25) is 0 Å². The number of nitrogens with one attached hydrogen (secondary N) is 1. The third-order valence-electron chi connectivity index (χ3n) is 7.09. The number of nitriles is 1. The van der Waals surface area contributed by atoms with Crippen LogP contribution in [0.5, 0.6) is 11.5 Å². The Kier molecular flexibility index (Phi) is 7.70. The van der Waals surface area contributed by atoms with Gasteiger partial charge in [-0.2, -0.15) is 10.4 Å². The van der Waals surface area contributed by atoms with Gasteiger partial charge in [-0.15, -0.1) is 0 Å². The van der Waals surface area contributed by atoms with Crippen LogP contribution in [0.15, 0.2) is 66.4 Å². The lowest BCUT2D eigenvalue weighted by molar-refractivity contribution is -0.127. The van der Waals surface area contributed by atoms with Crippen LogP contribution in [0.3, 0.4) is 0 Å². The number of hydrogen-bond donors (Lipinski definition) is 2. The molecule has 2 saturated heterocycles. The van der Waals surface area contributed by atoms with Crippen LogP contribution >= 0.6 is 0 Å². The highest BCUT2D eigenvalue weighted by molar-refractivity contribution is 5.97. The highest BCUT2D eigenvalue weighted by atomic mass is 19.1. The number of hydrogen-bond acceptors (Lipinski definition) is 6. The number of likely N-dealkylation sites (tertiary alicyclic amines) is 1. The molecule has 0 saturated carbocycles. The average Bonchev–Trinajstić information content (AvgIpc) is 3.54. The maximum Gasteiger partial charge on any atom is 0.264 e. The van der Waals surface area contributed by atoms with Crippen molar-refractivity contribution < 1.29 is 13.9 Å². The maximum atomic E-state index is 15.0. The highest BCUT2D eigenvalue weighted by Crippen LogP contribution is 2.31. The summed E-state index contributed by atoms with van der Waals surface area (Å²) in [5, 5.41) is 17.6. The van der Waals surface area contributed by atoms with E-state index in [9.17, 15) is 10.1 Å². The van der Waals surface area contributed by atoms with Gasteiger partial charge < -0.3 is 20.7 Å². The summed E-state index contributed by atoms with van der Waals surface area (Å²) in [6, 6.07) is 15.8. The van der Waals surface area contributed by atoms with Gasteiger partial charge in [-0.1, -0.05) is 24.3 Å². The second kappa shape index (κ2) is 11.5. The molecule has 38 heavy (non-hydrogen) atoms. The number of ether oxygens (including phenoxy) is 1. The molecule has 0 aliphatic carbocycles. The van der Waals surface area contributed by atoms with E-state index in [-0.39, 0.29) is 29.0 Å². The molecule has 0 bridgehead atoms. The van der Waals surface area contributed by atoms with Crippen molar-refractivity contribution in [1.82, 2.24) is 20.0 Å². The molecule has 2 aliphatic rings. The number of nitrogens with two attached hydrogens (primary N) is 1. The molecule has 1 amide bonds. The lowest BCUT2D eigenvalue weighted by Crippen LogP contribution is -2.39. The molecule has 3 heterocycles. The number of rotatable bonds is 7. The molecule has 0 spiro atoms. The fourth-order valence-electron chi connectivity index (χ4n) is 5.19. The SMILES string of the molecule is N#CC(=CC1CCCNC1)C(=O)N1CCC[C@H]1Cn1cc(N)c(-c2ccc(Oc3ccccc3)cc2F)n1. The minimum atomic E-state index is -0.492. The van der Waals surface area contributed by atoms with Gasteiger partial charge in [-0.05, 0) is 62.4 Å². The number of halogens is 1. The summed E-state index contributed by atoms with van der Waals surface area (Å²) < 4.78 is 22.4. The second-order valence-electron chi connectivity index (χ2n) is 9.81. The van der Waals surface area contributed by atoms with Gasteiger partial charge in [0, 0.05) is 30.9 Å². The third kappa shape index (κ3) is 5.71. The van der Waals surface area contributed by atoms with E-state index in [2.05, 4.69) is 16.5 Å². The molecule has 0 radical (unpaired) electrons. The predicted molar refractivity (Wildman–Crippen MR) is 143 cm³/mol. The standard InChI is InChI=1S/C29H31FN6O2/c30-26-15-24(38-23-8-2-1-3-9-23)10-11-25(26)28-27(32)19-35(34-28)18-22-7-5-13-36(22)29(37)21(16-31)14-20-6-4-12-33-17-20/h1-3,8-11,14-15,19-20,22,33H,4-7,12-13,17-18,32H2/t20?,22-/m0/s1. The topological polar surface area (TPSA) is 109 Å². The van der Waals surface area contributed by atoms with E-state index in [1.165, 1.54) is 6.07 Å². The summed E-state index contributed by atoms with van der Waals surface area (Å²) in [6.45, 7) is 2.76. The quantitative estimate of drug-likeness (QED) is 0.355. The number of nitrogen functional groups attached to an aromatic ring is 1. The molecule has 9 heteroatoms. The van der Waals surface area contributed by atoms with Crippen LogP contribution < -0.4 is 15.8 Å². The van der Waals surface area contributed by atoms with E-state index in [0.717, 1.165) is 38.8 Å². The van der Waals surface area contributed by atoms with Crippen LogP contribution in [0.1, 0.15) is 25.7 Å². The lowest BCUT2D eigenvalue weighted by atomic mass is 9.96. The zero-order valence-corrected chi connectivity index (χ0v) is 21.1. The Hall–Kier alpha value is -4.16. The van der Waals surface area contributed by atoms with Gasteiger partial charge in [0.05, 0.1) is 18.3 Å². The average molecular weight is 515 g/mol. The monoisotopic (exact) mass is 514 g/mol. The van der Waals surface area contributed by atoms with E-state index in [1.54, 1.807) is 40.0 Å². The van der Waals surface area contributed by atoms with E-state index in [4.69, 9.17) is 10.5 Å². The van der Waals surface area contributed by atoms with Gasteiger partial charge in [-0.3, -0.25) is 9.48 Å². The Balaban J connectivity index is 1.29. The van der Waals surface area contributed by atoms with Crippen molar-refractivity contribution in [2.75, 3.05) is 25.4 Å². The summed E-state index contributed by atoms with van der Waals surface area (Å²) in [5.74, 6) is 0.455. The van der Waals surface area contributed by atoms with Crippen molar-refractivity contribution in [1.29, 1.82) is 5.26 Å². The first-order chi connectivity index (χ1) is 18.5. The molecule has 196 valence electrons. The zero-order chi connectivity index (χ0) is 26.5. The van der Waals surface area contributed by atoms with Crippen LogP contribution in [0, 0.1) is 23.1 Å². The van der Waals surface area contributed by atoms with Gasteiger partial charge in [-0.25, -0.2) is 4.39 Å². The van der Waals surface area contributed by atoms with Gasteiger partial charge >= 0.3 is 0 Å². The van der Waals surface area contributed by atoms with Crippen LogP contribution in [0.4, 0.5) is 10.1 Å². The summed E-state index contributed by atoms with van der Waals surface area (Å²) in [7, 11) is 0. The van der Waals surface area contributed by atoms with E-state index < -0.39 is 5.82 Å². The first-order valence-electron chi connectivity index (χ1n) is 13.0. The normalized spacial score (nSPS) is 19.8. The Morgan fingerprint density at radius 3 is 2.79 bits per heavy atom. The molecule has 8 nitrogen and oxygen atoms in total. The zero-order valence-electron chi connectivity index (χ0n) is 21.1. The first kappa shape index (κ1) is 25.5. The third-order valence-corrected chi connectivity index (χ3v) is 7.09. The molecule has 1 aromatic heterocycles. The summed E-state index contributed by atoms with van der Waals surface area (Å²) in [4.78, 5) is 15.0. The number of carbonyl (C=O) groups is 1. The maximum absolute atomic E-state index is 15.0. The minimum absolute atomic E-state index is 0.123. The molecule has 3 aromatic rings. The smallest absolute Gasteiger partial charge is 0.264 e. The Morgan fingerprint density at radius 2 is 2.05 bits per heavy atom. The molecular weight excluding hydrogens is 483 g/mol. The van der Waals surface area contributed by atoms with Crippen molar-refractivity contribution in [2.24, 2.45) is 5.92 Å². The molecule has 3 N–H and O–H groups in total. The van der Waals surface area contributed by atoms with Gasteiger partial charge in [0.1, 0.15) is 34.7 Å². The lowest BCUT2D eigenvalue weighted by Gasteiger charge is -2.25. The summed E-state index contributed by atoms with van der Waals surface area (Å²) in [5.41, 5.74) is 7.39. The van der Waals surface area contributed by atoms with E-state index in [1.807, 2.05) is 24.3 Å². The summed E-state index contributed by atoms with van der Waals surface area (Å²) >= 11 is 0. The highest BCUT2D eigenvalue weighted by Gasteiger charge is 2.32. The van der Waals surface area contributed by atoms with Crippen molar-refractivity contribution >= 4 is 11.6 Å². The number of aromatic nitrogens is 2.